The molecule has 0 bridgehead atoms. The van der Waals surface area contributed by atoms with Gasteiger partial charge >= 0.3 is 5.69 Å². The van der Waals surface area contributed by atoms with E-state index in [1.807, 2.05) is 31.4 Å². The van der Waals surface area contributed by atoms with Crippen molar-refractivity contribution in [1.82, 2.24) is 19.9 Å². The first-order valence-electron chi connectivity index (χ1n) is 16.2. The second kappa shape index (κ2) is 17.1. The molecule has 2 heterocycles. The third-order valence-electron chi connectivity index (χ3n) is 8.01. The molecule has 0 saturated carbocycles. The molecule has 2 aromatic carbocycles. The fraction of sp³-hybridized carbons (Fsp3) is 0.457. The zero-order valence-electron chi connectivity index (χ0n) is 27.3. The summed E-state index contributed by atoms with van der Waals surface area (Å²) in [6, 6.07) is 11.7. The Morgan fingerprint density at radius 1 is 1.17 bits per heavy atom. The summed E-state index contributed by atoms with van der Waals surface area (Å²) in [4.78, 5) is 26.2. The van der Waals surface area contributed by atoms with Crippen LogP contribution < -0.4 is 22.5 Å². The quantitative estimate of drug-likeness (QED) is 0.0399. The normalized spacial score (nSPS) is 13.4. The molecule has 4 aromatic rings. The number of aromatic nitrogens is 3. The average Bonchev–Trinajstić information content (AvgIpc) is 3.43. The SMILES string of the molecule is CCCC(N)=NCCCNC(CCC)c1ccc(-n2cc3cc(-c4cc(CCCC(C)N)cc(Cl)c4F)[nH]c3nc2=O)cc1SC. The molecular weight excluding hydrogens is 621 g/mol. The van der Waals surface area contributed by atoms with Crippen molar-refractivity contribution < 1.29 is 4.39 Å². The van der Waals surface area contributed by atoms with Crippen LogP contribution in [0, 0.1) is 5.82 Å². The molecule has 11 heteroatoms. The maximum absolute atomic E-state index is 15.2. The van der Waals surface area contributed by atoms with Crippen LogP contribution in [0.3, 0.4) is 0 Å². The van der Waals surface area contributed by atoms with E-state index < -0.39 is 11.5 Å². The number of nitrogens with two attached hydrogens (primary N) is 2. The zero-order valence-corrected chi connectivity index (χ0v) is 28.9. The summed E-state index contributed by atoms with van der Waals surface area (Å²) in [7, 11) is 0. The van der Waals surface area contributed by atoms with Crippen molar-refractivity contribution >= 4 is 40.2 Å². The van der Waals surface area contributed by atoms with E-state index in [2.05, 4.69) is 40.2 Å². The zero-order chi connectivity index (χ0) is 33.2. The van der Waals surface area contributed by atoms with Crippen LogP contribution in [-0.2, 0) is 6.42 Å². The summed E-state index contributed by atoms with van der Waals surface area (Å²) in [5.74, 6) is 0.212. The number of aryl methyl sites for hydroxylation is 1. The van der Waals surface area contributed by atoms with Gasteiger partial charge in [-0.05, 0) is 99.7 Å². The highest BCUT2D eigenvalue weighted by atomic mass is 35.5. The number of fused-ring (bicyclic) bond motifs is 1. The lowest BCUT2D eigenvalue weighted by atomic mass is 10.0. The molecule has 2 aromatic heterocycles. The molecule has 0 aliphatic heterocycles. The third kappa shape index (κ3) is 9.21. The molecule has 6 N–H and O–H groups in total. The number of nitrogens with one attached hydrogen (secondary N) is 2. The Hall–Kier alpha value is -3.18. The molecule has 4 rings (SSSR count). The molecule has 2 atom stereocenters. The van der Waals surface area contributed by atoms with E-state index in [0.29, 0.717) is 28.8 Å². The highest BCUT2D eigenvalue weighted by Crippen LogP contribution is 2.33. The molecule has 2 unspecified atom stereocenters. The van der Waals surface area contributed by atoms with Crippen molar-refractivity contribution in [2.45, 2.75) is 89.1 Å². The minimum Gasteiger partial charge on any atom is -0.387 e. The maximum Gasteiger partial charge on any atom is 0.354 e. The number of hydrogen-bond acceptors (Lipinski definition) is 6. The predicted molar refractivity (Wildman–Crippen MR) is 192 cm³/mol. The smallest absolute Gasteiger partial charge is 0.354 e. The summed E-state index contributed by atoms with van der Waals surface area (Å²) < 4.78 is 16.7. The topological polar surface area (TPSA) is 127 Å². The van der Waals surface area contributed by atoms with E-state index in [1.165, 1.54) is 10.1 Å². The van der Waals surface area contributed by atoms with Gasteiger partial charge in [0.15, 0.2) is 5.82 Å². The van der Waals surface area contributed by atoms with Gasteiger partial charge in [-0.2, -0.15) is 4.98 Å². The predicted octanol–water partition coefficient (Wildman–Crippen LogP) is 7.54. The van der Waals surface area contributed by atoms with Crippen LogP contribution in [0.1, 0.15) is 82.9 Å². The van der Waals surface area contributed by atoms with Gasteiger partial charge in [-0.3, -0.25) is 9.56 Å². The summed E-state index contributed by atoms with van der Waals surface area (Å²) in [6.07, 6.45) is 11.0. The maximum atomic E-state index is 15.2. The minimum atomic E-state index is -0.511. The van der Waals surface area contributed by atoms with Crippen molar-refractivity contribution in [3.05, 3.63) is 75.0 Å². The van der Waals surface area contributed by atoms with Gasteiger partial charge in [-0.25, -0.2) is 9.18 Å². The highest BCUT2D eigenvalue weighted by molar-refractivity contribution is 7.98. The number of rotatable bonds is 17. The lowest BCUT2D eigenvalue weighted by Crippen LogP contribution is -2.24. The van der Waals surface area contributed by atoms with Crippen molar-refractivity contribution in [2.75, 3.05) is 19.3 Å². The summed E-state index contributed by atoms with van der Waals surface area (Å²) in [6.45, 7) is 7.80. The monoisotopic (exact) mass is 667 g/mol. The van der Waals surface area contributed by atoms with E-state index in [0.717, 1.165) is 79.9 Å². The fourth-order valence-corrected chi connectivity index (χ4v) is 6.57. The van der Waals surface area contributed by atoms with Crippen molar-refractivity contribution in [3.63, 3.8) is 0 Å². The van der Waals surface area contributed by atoms with Gasteiger partial charge in [0.2, 0.25) is 0 Å². The Bertz CT molecular complexity index is 1700. The first kappa shape index (κ1) is 35.7. The molecule has 0 saturated heterocycles. The van der Waals surface area contributed by atoms with Gasteiger partial charge in [-0.1, -0.05) is 37.9 Å². The highest BCUT2D eigenvalue weighted by Gasteiger charge is 2.18. The first-order chi connectivity index (χ1) is 22.1. The van der Waals surface area contributed by atoms with Gasteiger partial charge in [-0.15, -0.1) is 11.8 Å². The van der Waals surface area contributed by atoms with Crippen molar-refractivity contribution in [1.29, 1.82) is 0 Å². The van der Waals surface area contributed by atoms with Crippen molar-refractivity contribution in [3.8, 4) is 16.9 Å². The van der Waals surface area contributed by atoms with Gasteiger partial charge in [0.25, 0.3) is 0 Å². The van der Waals surface area contributed by atoms with Gasteiger partial charge in [0, 0.05) is 47.1 Å². The van der Waals surface area contributed by atoms with Crippen LogP contribution in [0.2, 0.25) is 5.02 Å². The number of aromatic amines is 1. The van der Waals surface area contributed by atoms with E-state index in [4.69, 9.17) is 23.1 Å². The van der Waals surface area contributed by atoms with Gasteiger partial charge in [0.05, 0.1) is 22.2 Å². The van der Waals surface area contributed by atoms with E-state index in [9.17, 15) is 4.79 Å². The van der Waals surface area contributed by atoms with Crippen LogP contribution in [-0.4, -0.2) is 45.8 Å². The van der Waals surface area contributed by atoms with Crippen molar-refractivity contribution in [2.24, 2.45) is 16.5 Å². The molecule has 0 amide bonds. The Morgan fingerprint density at radius 3 is 2.70 bits per heavy atom. The second-order valence-corrected chi connectivity index (χ2v) is 13.1. The molecular formula is C35H47ClFN7OS. The lowest BCUT2D eigenvalue weighted by molar-refractivity contribution is 0.484. The number of thioether (sulfide) groups is 1. The number of benzene rings is 2. The number of H-pyrrole nitrogens is 1. The van der Waals surface area contributed by atoms with Gasteiger partial charge < -0.3 is 21.8 Å². The van der Waals surface area contributed by atoms with Crippen LogP contribution in [0.15, 0.2) is 57.3 Å². The lowest BCUT2D eigenvalue weighted by Gasteiger charge is -2.22. The number of hydrogen-bond donors (Lipinski definition) is 4. The largest absolute Gasteiger partial charge is 0.387 e. The standard InChI is InChI=1S/C35H47ClFN7OS/c1-5-9-29(40-15-8-16-41-32(39)10-6-2)26-14-13-25(20-31(26)46-4)44-21-24-19-30(42-34(24)43-35(44)45)27-17-23(12-7-11-22(3)38)18-28(36)33(27)37/h13-14,17-22,29,40H,5-12,15-16,38H2,1-4H3,(H2,39,41)(H,42,43,45). The van der Waals surface area contributed by atoms with E-state index >= 15 is 4.39 Å². The number of halogens is 2. The minimum absolute atomic E-state index is 0.0604. The van der Waals surface area contributed by atoms with Crippen LogP contribution in [0.4, 0.5) is 4.39 Å². The molecule has 0 spiro atoms. The van der Waals surface area contributed by atoms with Crippen LogP contribution >= 0.6 is 23.4 Å². The molecule has 0 aliphatic carbocycles. The second-order valence-electron chi connectivity index (χ2n) is 11.9. The number of amidine groups is 1. The summed E-state index contributed by atoms with van der Waals surface area (Å²) in [5.41, 5.74) is 15.5. The molecule has 0 fully saturated rings. The van der Waals surface area contributed by atoms with E-state index in [1.54, 1.807) is 30.1 Å². The average molecular weight is 668 g/mol. The number of nitrogens with zero attached hydrogens (tertiary/aromatic N) is 3. The molecule has 46 heavy (non-hydrogen) atoms. The molecule has 0 radical (unpaired) electrons. The number of aliphatic imine (C=N–C) groups is 1. The van der Waals surface area contributed by atoms with Crippen LogP contribution in [0.5, 0.6) is 0 Å². The Balaban J connectivity index is 1.58. The van der Waals surface area contributed by atoms with Gasteiger partial charge in [0.1, 0.15) is 5.65 Å². The molecule has 248 valence electrons. The first-order valence-corrected chi connectivity index (χ1v) is 17.8. The molecule has 8 nitrogen and oxygen atoms in total. The Morgan fingerprint density at radius 2 is 1.98 bits per heavy atom. The fourth-order valence-electron chi connectivity index (χ4n) is 5.65. The Kier molecular flexibility index (Phi) is 13.3. The summed E-state index contributed by atoms with van der Waals surface area (Å²) >= 11 is 7.94. The van der Waals surface area contributed by atoms with E-state index in [-0.39, 0.29) is 17.1 Å². The summed E-state index contributed by atoms with van der Waals surface area (Å²) in [5, 5.41) is 4.46. The van der Waals surface area contributed by atoms with Crippen LogP contribution in [0.25, 0.3) is 28.0 Å². The third-order valence-corrected chi connectivity index (χ3v) is 9.07. The Labute approximate surface area is 280 Å². The molecule has 0 aliphatic rings.